The predicted molar refractivity (Wildman–Crippen MR) is 182 cm³/mol. The standard InChI is InChI=1S/C36H36FN7O5/c1-36(2,3)49-35(47)41-31(23-6-12-26(37)13-7-23)32(45)38-27-14-8-22(9-15-27)25-11-17-30-40-34(42-44(30)21-25)39-28-16-10-24(20-29(28)48-4)33(46)43-18-5-19-43/h6-17,20-21,31H,5,18-19H2,1-4H3,(H,38,45)(H,39,42)(H,41,47)/t31-/m1/s1. The van der Waals surface area contributed by atoms with Gasteiger partial charge in [0.25, 0.3) is 11.8 Å². The molecule has 2 aromatic heterocycles. The number of hydrogen-bond donors (Lipinski definition) is 3. The lowest BCUT2D eigenvalue weighted by Crippen LogP contribution is -2.42. The number of hydrogen-bond acceptors (Lipinski definition) is 8. The number of amides is 3. The summed E-state index contributed by atoms with van der Waals surface area (Å²) >= 11 is 0. The first-order valence-electron chi connectivity index (χ1n) is 15.7. The molecule has 1 aliphatic rings. The summed E-state index contributed by atoms with van der Waals surface area (Å²) in [5.41, 5.74) is 3.62. The van der Waals surface area contributed by atoms with Gasteiger partial charge in [-0.3, -0.25) is 9.59 Å². The minimum atomic E-state index is -1.13. The van der Waals surface area contributed by atoms with Crippen molar-refractivity contribution < 1.29 is 28.2 Å². The van der Waals surface area contributed by atoms with E-state index >= 15 is 0 Å². The predicted octanol–water partition coefficient (Wildman–Crippen LogP) is 6.34. The number of nitrogens with one attached hydrogen (secondary N) is 3. The highest BCUT2D eigenvalue weighted by atomic mass is 19.1. The van der Waals surface area contributed by atoms with E-state index in [9.17, 15) is 18.8 Å². The Balaban J connectivity index is 1.15. The van der Waals surface area contributed by atoms with Crippen LogP contribution in [0.4, 0.5) is 26.5 Å². The van der Waals surface area contributed by atoms with Crippen LogP contribution in [0.25, 0.3) is 16.8 Å². The number of halogens is 1. The Morgan fingerprint density at radius 3 is 2.29 bits per heavy atom. The average Bonchev–Trinajstić information content (AvgIpc) is 3.44. The van der Waals surface area contributed by atoms with Gasteiger partial charge in [-0.2, -0.15) is 4.98 Å². The Labute approximate surface area is 282 Å². The maximum absolute atomic E-state index is 13.6. The van der Waals surface area contributed by atoms with Gasteiger partial charge in [0.05, 0.1) is 12.8 Å². The van der Waals surface area contributed by atoms with Crippen molar-refractivity contribution in [2.75, 3.05) is 30.8 Å². The van der Waals surface area contributed by atoms with E-state index in [0.717, 1.165) is 30.6 Å². The Morgan fingerprint density at radius 1 is 0.918 bits per heavy atom. The van der Waals surface area contributed by atoms with Gasteiger partial charge in [0.2, 0.25) is 5.95 Å². The van der Waals surface area contributed by atoms with Gasteiger partial charge in [0, 0.05) is 36.1 Å². The summed E-state index contributed by atoms with van der Waals surface area (Å²) in [6.45, 7) is 6.69. The van der Waals surface area contributed by atoms with Crippen molar-refractivity contribution in [3.63, 3.8) is 0 Å². The quantitative estimate of drug-likeness (QED) is 0.166. The molecule has 12 nitrogen and oxygen atoms in total. The highest BCUT2D eigenvalue weighted by Gasteiger charge is 2.26. The van der Waals surface area contributed by atoms with E-state index in [1.54, 1.807) is 67.6 Å². The fraction of sp³-hybridized carbons (Fsp3) is 0.250. The summed E-state index contributed by atoms with van der Waals surface area (Å²) in [7, 11) is 1.54. The highest BCUT2D eigenvalue weighted by Crippen LogP contribution is 2.30. The molecular weight excluding hydrogens is 629 g/mol. The Hall–Kier alpha value is -5.98. The monoisotopic (exact) mass is 665 g/mol. The summed E-state index contributed by atoms with van der Waals surface area (Å²) in [5, 5.41) is 13.2. The number of carbonyl (C=O) groups is 3. The minimum absolute atomic E-state index is 0.0192. The molecule has 3 heterocycles. The maximum atomic E-state index is 13.6. The first-order chi connectivity index (χ1) is 23.5. The lowest BCUT2D eigenvalue weighted by molar-refractivity contribution is -0.118. The fourth-order valence-corrected chi connectivity index (χ4v) is 5.20. The van der Waals surface area contributed by atoms with Crippen LogP contribution >= 0.6 is 0 Å². The first kappa shape index (κ1) is 32.9. The molecule has 3 amide bonds. The second-order valence-electron chi connectivity index (χ2n) is 12.5. The number of fused-ring (bicyclic) bond motifs is 1. The number of pyridine rings is 1. The molecule has 0 saturated carbocycles. The molecule has 3 N–H and O–H groups in total. The summed E-state index contributed by atoms with van der Waals surface area (Å²) in [4.78, 5) is 44.9. The zero-order chi connectivity index (χ0) is 34.7. The van der Waals surface area contributed by atoms with Crippen LogP contribution in [0.15, 0.2) is 85.1 Å². The molecule has 13 heteroatoms. The minimum Gasteiger partial charge on any atom is -0.495 e. The highest BCUT2D eigenvalue weighted by molar-refractivity contribution is 5.97. The van der Waals surface area contributed by atoms with Crippen LogP contribution in [0.3, 0.4) is 0 Å². The second-order valence-corrected chi connectivity index (χ2v) is 12.5. The molecule has 0 radical (unpaired) electrons. The third-order valence-corrected chi connectivity index (χ3v) is 7.78. The van der Waals surface area contributed by atoms with Crippen molar-refractivity contribution in [1.29, 1.82) is 0 Å². The molecule has 1 fully saturated rings. The lowest BCUT2D eigenvalue weighted by atomic mass is 10.1. The number of aromatic nitrogens is 3. The van der Waals surface area contributed by atoms with Gasteiger partial charge >= 0.3 is 6.09 Å². The van der Waals surface area contributed by atoms with Crippen LogP contribution in [0, 0.1) is 5.82 Å². The summed E-state index contributed by atoms with van der Waals surface area (Å²) < 4.78 is 26.1. The van der Waals surface area contributed by atoms with Crippen LogP contribution in [0.5, 0.6) is 5.75 Å². The molecule has 5 aromatic rings. The fourth-order valence-electron chi connectivity index (χ4n) is 5.20. The van der Waals surface area contributed by atoms with Gasteiger partial charge in [-0.15, -0.1) is 5.10 Å². The van der Waals surface area contributed by atoms with Gasteiger partial charge in [-0.1, -0.05) is 24.3 Å². The van der Waals surface area contributed by atoms with Gasteiger partial charge in [0.1, 0.15) is 23.2 Å². The molecular formula is C36H36FN7O5. The van der Waals surface area contributed by atoms with Crippen molar-refractivity contribution in [2.45, 2.75) is 38.8 Å². The second kappa shape index (κ2) is 13.6. The van der Waals surface area contributed by atoms with Crippen LogP contribution in [-0.4, -0.2) is 63.2 Å². The molecule has 49 heavy (non-hydrogen) atoms. The number of anilines is 3. The van der Waals surface area contributed by atoms with E-state index in [-0.39, 0.29) is 5.91 Å². The largest absolute Gasteiger partial charge is 0.495 e. The van der Waals surface area contributed by atoms with Gasteiger partial charge < -0.3 is 30.3 Å². The third-order valence-electron chi connectivity index (χ3n) is 7.78. The SMILES string of the molecule is COc1cc(C(=O)N2CCC2)ccc1Nc1nc2ccc(-c3ccc(NC(=O)[C@H](NC(=O)OC(C)(C)C)c4ccc(F)cc4)cc3)cn2n1. The van der Waals surface area contributed by atoms with E-state index in [2.05, 4.69) is 26.0 Å². The molecule has 3 aromatic carbocycles. The molecule has 1 saturated heterocycles. The van der Waals surface area contributed by atoms with Gasteiger partial charge in [0.15, 0.2) is 5.65 Å². The van der Waals surface area contributed by atoms with E-state index in [1.165, 1.54) is 24.3 Å². The molecule has 0 unspecified atom stereocenters. The Bertz CT molecular complexity index is 2000. The van der Waals surface area contributed by atoms with Crippen molar-refractivity contribution >= 4 is 40.9 Å². The summed E-state index contributed by atoms with van der Waals surface area (Å²) in [6, 6.07) is 20.3. The van der Waals surface area contributed by atoms with E-state index in [0.29, 0.717) is 39.8 Å². The van der Waals surface area contributed by atoms with Gasteiger partial charge in [-0.25, -0.2) is 13.7 Å². The molecule has 6 rings (SSSR count). The first-order valence-corrected chi connectivity index (χ1v) is 15.7. The number of likely N-dealkylation sites (tertiary alicyclic amines) is 1. The van der Waals surface area contributed by atoms with Crippen LogP contribution in [0.2, 0.25) is 0 Å². The van der Waals surface area contributed by atoms with Crippen LogP contribution < -0.4 is 20.7 Å². The molecule has 0 bridgehead atoms. The number of alkyl carbamates (subject to hydrolysis) is 1. The van der Waals surface area contributed by atoms with Crippen molar-refractivity contribution in [1.82, 2.24) is 24.8 Å². The van der Waals surface area contributed by atoms with Gasteiger partial charge in [-0.05, 0) is 92.9 Å². The Morgan fingerprint density at radius 2 is 1.63 bits per heavy atom. The summed E-state index contributed by atoms with van der Waals surface area (Å²) in [6.07, 6.45) is 2.08. The molecule has 252 valence electrons. The smallest absolute Gasteiger partial charge is 0.408 e. The lowest BCUT2D eigenvalue weighted by Gasteiger charge is -2.31. The number of methoxy groups -OCH3 is 1. The van der Waals surface area contributed by atoms with Crippen LogP contribution in [0.1, 0.15) is 49.2 Å². The number of ether oxygens (including phenoxy) is 2. The zero-order valence-corrected chi connectivity index (χ0v) is 27.5. The maximum Gasteiger partial charge on any atom is 0.408 e. The van der Waals surface area contributed by atoms with E-state index < -0.39 is 29.5 Å². The van der Waals surface area contributed by atoms with Crippen LogP contribution in [-0.2, 0) is 9.53 Å². The average molecular weight is 666 g/mol. The van der Waals surface area contributed by atoms with E-state index in [1.807, 2.05) is 30.5 Å². The van der Waals surface area contributed by atoms with Crippen molar-refractivity contribution in [3.8, 4) is 16.9 Å². The number of carbonyl (C=O) groups excluding carboxylic acids is 3. The number of benzene rings is 3. The zero-order valence-electron chi connectivity index (χ0n) is 27.5. The molecule has 1 aliphatic heterocycles. The topological polar surface area (TPSA) is 139 Å². The molecule has 0 spiro atoms. The van der Waals surface area contributed by atoms with Crippen molar-refractivity contribution in [2.24, 2.45) is 0 Å². The van der Waals surface area contributed by atoms with Crippen molar-refractivity contribution in [3.05, 3.63) is 102 Å². The normalized spacial score (nSPS) is 13.3. The number of rotatable bonds is 9. The Kier molecular flexibility index (Phi) is 9.16. The summed E-state index contributed by atoms with van der Waals surface area (Å²) in [5.74, 6) is -0.153. The third kappa shape index (κ3) is 7.78. The van der Waals surface area contributed by atoms with E-state index in [4.69, 9.17) is 9.47 Å². The molecule has 0 aliphatic carbocycles. The molecule has 1 atom stereocenters. The number of nitrogens with zero attached hydrogens (tertiary/aromatic N) is 4.